The summed E-state index contributed by atoms with van der Waals surface area (Å²) in [7, 11) is 0. The highest BCUT2D eigenvalue weighted by molar-refractivity contribution is 5.86. The van der Waals surface area contributed by atoms with E-state index in [1.165, 1.54) is 32.1 Å². The van der Waals surface area contributed by atoms with Crippen molar-refractivity contribution in [3.05, 3.63) is 0 Å². The zero-order valence-electron chi connectivity index (χ0n) is 12.2. The van der Waals surface area contributed by atoms with Crippen molar-refractivity contribution < 1.29 is 9.59 Å². The minimum absolute atomic E-state index is 0.0891. The van der Waals surface area contributed by atoms with Crippen LogP contribution in [0.5, 0.6) is 0 Å². The third-order valence-corrected chi connectivity index (χ3v) is 4.78. The maximum absolute atomic E-state index is 12.6. The Morgan fingerprint density at radius 3 is 2.42 bits per heavy atom. The Morgan fingerprint density at radius 2 is 1.79 bits per heavy atom. The lowest BCUT2D eigenvalue weighted by Crippen LogP contribution is -2.46. The van der Waals surface area contributed by atoms with Crippen LogP contribution < -0.4 is 0 Å². The average Bonchev–Trinajstić information content (AvgIpc) is 2.38. The number of carbonyl (C=O) groups is 2. The fourth-order valence-corrected chi connectivity index (χ4v) is 3.43. The number of rotatable bonds is 2. The van der Waals surface area contributed by atoms with Crippen molar-refractivity contribution in [2.24, 2.45) is 11.8 Å². The van der Waals surface area contributed by atoms with E-state index in [2.05, 4.69) is 0 Å². The Hall–Kier alpha value is -0.860. The number of carbonyl (C=O) groups excluding carboxylic acids is 2. The molecule has 108 valence electrons. The maximum Gasteiger partial charge on any atom is 0.225 e. The lowest BCUT2D eigenvalue weighted by Gasteiger charge is -2.34. The van der Waals surface area contributed by atoms with Crippen molar-refractivity contribution in [3.8, 4) is 0 Å². The molecule has 1 saturated heterocycles. The number of Topliss-reactive ketones (excluding diaryl/α,β-unsaturated/α-hetero) is 1. The Morgan fingerprint density at radius 1 is 1.16 bits per heavy atom. The van der Waals surface area contributed by atoms with E-state index in [4.69, 9.17) is 0 Å². The van der Waals surface area contributed by atoms with E-state index < -0.39 is 0 Å². The van der Waals surface area contributed by atoms with Crippen molar-refractivity contribution in [2.45, 2.75) is 64.7 Å². The molecule has 19 heavy (non-hydrogen) atoms. The number of piperidine rings is 1. The van der Waals surface area contributed by atoms with Crippen LogP contribution in [-0.2, 0) is 9.59 Å². The van der Waals surface area contributed by atoms with Crippen LogP contribution in [0.1, 0.15) is 64.7 Å². The molecular weight excluding hydrogens is 238 g/mol. The molecule has 0 bridgehead atoms. The van der Waals surface area contributed by atoms with Gasteiger partial charge in [0.2, 0.25) is 5.91 Å². The molecule has 0 aromatic heterocycles. The molecule has 1 atom stereocenters. The number of nitrogens with zero attached hydrogens (tertiary/aromatic N) is 1. The molecule has 1 aliphatic heterocycles. The predicted octanol–water partition coefficient (Wildman–Crippen LogP) is 3.17. The Labute approximate surface area is 116 Å². The molecule has 0 N–H and O–H groups in total. The van der Waals surface area contributed by atoms with Gasteiger partial charge in [0.25, 0.3) is 0 Å². The zero-order valence-corrected chi connectivity index (χ0v) is 12.2. The zero-order chi connectivity index (χ0) is 13.7. The summed E-state index contributed by atoms with van der Waals surface area (Å²) >= 11 is 0. The fraction of sp³-hybridized carbons (Fsp3) is 0.875. The maximum atomic E-state index is 12.6. The van der Waals surface area contributed by atoms with Gasteiger partial charge in [-0.25, -0.2) is 0 Å². The normalized spacial score (nSPS) is 26.9. The molecule has 2 fully saturated rings. The summed E-state index contributed by atoms with van der Waals surface area (Å²) in [6, 6.07) is 0. The van der Waals surface area contributed by atoms with Gasteiger partial charge in [-0.2, -0.15) is 0 Å². The van der Waals surface area contributed by atoms with Gasteiger partial charge in [0.1, 0.15) is 5.78 Å². The number of hydrogen-bond acceptors (Lipinski definition) is 2. The summed E-state index contributed by atoms with van der Waals surface area (Å²) in [5.74, 6) is 0.995. The minimum Gasteiger partial charge on any atom is -0.341 e. The van der Waals surface area contributed by atoms with E-state index in [1.54, 1.807) is 0 Å². The van der Waals surface area contributed by atoms with Crippen molar-refractivity contribution >= 4 is 11.7 Å². The van der Waals surface area contributed by atoms with Crippen molar-refractivity contribution in [2.75, 3.05) is 13.1 Å². The van der Waals surface area contributed by atoms with Gasteiger partial charge in [-0.3, -0.25) is 9.59 Å². The third-order valence-electron chi connectivity index (χ3n) is 4.78. The molecule has 3 heteroatoms. The molecule has 3 nitrogen and oxygen atoms in total. The van der Waals surface area contributed by atoms with E-state index >= 15 is 0 Å². The highest BCUT2D eigenvalue weighted by Gasteiger charge is 2.31. The smallest absolute Gasteiger partial charge is 0.225 e. The first-order chi connectivity index (χ1) is 9.22. The van der Waals surface area contributed by atoms with Crippen LogP contribution >= 0.6 is 0 Å². The average molecular weight is 265 g/mol. The van der Waals surface area contributed by atoms with E-state index in [-0.39, 0.29) is 11.8 Å². The lowest BCUT2D eigenvalue weighted by atomic mass is 9.88. The Bertz CT molecular complexity index is 319. The first-order valence-electron chi connectivity index (χ1n) is 8.04. The SMILES string of the molecule is CCC1CN(C(=O)C2CCCCCCC2)CCC1=O. The molecule has 2 rings (SSSR count). The Kier molecular flexibility index (Phi) is 5.41. The Balaban J connectivity index is 1.92. The molecule has 2 aliphatic rings. The van der Waals surface area contributed by atoms with E-state index in [0.29, 0.717) is 31.2 Å². The second kappa shape index (κ2) is 7.06. The summed E-state index contributed by atoms with van der Waals surface area (Å²) in [6.07, 6.45) is 9.82. The number of amides is 1. The van der Waals surface area contributed by atoms with Gasteiger partial charge in [0.15, 0.2) is 0 Å². The third kappa shape index (κ3) is 3.80. The van der Waals surface area contributed by atoms with Gasteiger partial charge in [-0.15, -0.1) is 0 Å². The molecule has 1 heterocycles. The van der Waals surface area contributed by atoms with Gasteiger partial charge < -0.3 is 4.90 Å². The van der Waals surface area contributed by atoms with Crippen LogP contribution in [0.4, 0.5) is 0 Å². The molecule has 1 unspecified atom stereocenters. The summed E-state index contributed by atoms with van der Waals surface area (Å²) in [6.45, 7) is 3.38. The molecule has 0 spiro atoms. The highest BCUT2D eigenvalue weighted by atomic mass is 16.2. The minimum atomic E-state index is 0.0891. The first kappa shape index (κ1) is 14.5. The summed E-state index contributed by atoms with van der Waals surface area (Å²) in [5, 5.41) is 0. The van der Waals surface area contributed by atoms with Crippen LogP contribution in [0.25, 0.3) is 0 Å². The summed E-state index contributed by atoms with van der Waals surface area (Å²) < 4.78 is 0. The van der Waals surface area contributed by atoms with Gasteiger partial charge in [-0.1, -0.05) is 39.0 Å². The lowest BCUT2D eigenvalue weighted by molar-refractivity contribution is -0.141. The standard InChI is InChI=1S/C16H27NO2/c1-2-13-12-17(11-10-15(13)18)16(19)14-8-6-4-3-5-7-9-14/h13-14H,2-12H2,1H3. The molecule has 0 aromatic rings. The van der Waals surface area contributed by atoms with Crippen LogP contribution in [0.15, 0.2) is 0 Å². The second-order valence-electron chi connectivity index (χ2n) is 6.15. The molecule has 1 saturated carbocycles. The van der Waals surface area contributed by atoms with Crippen LogP contribution in [-0.4, -0.2) is 29.7 Å². The van der Waals surface area contributed by atoms with Crippen LogP contribution in [0.3, 0.4) is 0 Å². The molecule has 0 aromatic carbocycles. The van der Waals surface area contributed by atoms with Crippen molar-refractivity contribution in [1.29, 1.82) is 0 Å². The molecular formula is C16H27NO2. The fourth-order valence-electron chi connectivity index (χ4n) is 3.43. The van der Waals surface area contributed by atoms with Gasteiger partial charge in [0.05, 0.1) is 0 Å². The summed E-state index contributed by atoms with van der Waals surface area (Å²) in [4.78, 5) is 26.3. The first-order valence-corrected chi connectivity index (χ1v) is 8.04. The predicted molar refractivity (Wildman–Crippen MR) is 75.8 cm³/mol. The van der Waals surface area contributed by atoms with E-state index in [0.717, 1.165) is 19.3 Å². The quantitative estimate of drug-likeness (QED) is 0.769. The number of hydrogen-bond donors (Lipinski definition) is 0. The second-order valence-corrected chi connectivity index (χ2v) is 6.15. The van der Waals surface area contributed by atoms with Gasteiger partial charge in [-0.05, 0) is 19.3 Å². The highest BCUT2D eigenvalue weighted by Crippen LogP contribution is 2.26. The molecule has 1 aliphatic carbocycles. The van der Waals surface area contributed by atoms with E-state index in [1.807, 2.05) is 11.8 Å². The monoisotopic (exact) mass is 265 g/mol. The topological polar surface area (TPSA) is 37.4 Å². The van der Waals surface area contributed by atoms with Crippen molar-refractivity contribution in [1.82, 2.24) is 4.90 Å². The van der Waals surface area contributed by atoms with E-state index in [9.17, 15) is 9.59 Å². The molecule has 0 radical (unpaired) electrons. The summed E-state index contributed by atoms with van der Waals surface area (Å²) in [5.41, 5.74) is 0. The largest absolute Gasteiger partial charge is 0.341 e. The molecule has 1 amide bonds. The number of ketones is 1. The van der Waals surface area contributed by atoms with Crippen molar-refractivity contribution in [3.63, 3.8) is 0 Å². The van der Waals surface area contributed by atoms with Gasteiger partial charge in [0, 0.05) is 31.3 Å². The number of likely N-dealkylation sites (tertiary alicyclic amines) is 1. The van der Waals surface area contributed by atoms with Crippen LogP contribution in [0.2, 0.25) is 0 Å². The van der Waals surface area contributed by atoms with Gasteiger partial charge >= 0.3 is 0 Å². The van der Waals surface area contributed by atoms with Crippen LogP contribution in [0, 0.1) is 11.8 Å².